The van der Waals surface area contributed by atoms with Crippen LogP contribution in [0.3, 0.4) is 0 Å². The molecule has 0 saturated carbocycles. The average Bonchev–Trinajstić information content (AvgIpc) is 2.86. The van der Waals surface area contributed by atoms with E-state index in [4.69, 9.17) is 22.1 Å². The van der Waals surface area contributed by atoms with E-state index in [1.807, 2.05) is 12.1 Å². The lowest BCUT2D eigenvalue weighted by atomic mass is 10.2. The van der Waals surface area contributed by atoms with Gasteiger partial charge in [-0.1, -0.05) is 11.6 Å². The number of hydrogen-bond acceptors (Lipinski definition) is 8. The highest BCUT2D eigenvalue weighted by atomic mass is 35.5. The third kappa shape index (κ3) is 6.61. The Morgan fingerprint density at radius 2 is 1.91 bits per heavy atom. The van der Waals surface area contributed by atoms with E-state index < -0.39 is 11.7 Å². The molecule has 178 valence electrons. The average molecular weight is 494 g/mol. The number of nitrogens with one attached hydrogen (secondary N) is 2. The lowest BCUT2D eigenvalue weighted by Crippen LogP contribution is -2.13. The van der Waals surface area contributed by atoms with Gasteiger partial charge in [0.05, 0.1) is 22.3 Å². The number of nitrogens with two attached hydrogens (primary N) is 1. The van der Waals surface area contributed by atoms with Crippen LogP contribution >= 0.6 is 11.6 Å². The van der Waals surface area contributed by atoms with E-state index in [1.54, 1.807) is 18.6 Å². The van der Waals surface area contributed by atoms with E-state index in [0.717, 1.165) is 12.0 Å². The Balaban J connectivity index is 1.51. The summed E-state index contributed by atoms with van der Waals surface area (Å²) >= 11 is 5.87. The van der Waals surface area contributed by atoms with Crippen LogP contribution in [0.25, 0.3) is 0 Å². The third-order valence-corrected chi connectivity index (χ3v) is 5.18. The van der Waals surface area contributed by atoms with Crippen LogP contribution in [0.15, 0.2) is 67.4 Å². The van der Waals surface area contributed by atoms with Crippen LogP contribution in [-0.2, 0) is 13.0 Å². The Kier molecular flexibility index (Phi) is 7.63. The second kappa shape index (κ2) is 11.2. The van der Waals surface area contributed by atoms with Crippen LogP contribution in [0, 0.1) is 5.82 Å². The number of carbonyl (C=O) groups excluding carboxylic acids is 1. The molecular weight excluding hydrogens is 473 g/mol. The standard InChI is InChI=1S/C24H21ClFN7O2/c25-20-10-18(1-2-21(20)26)32-24-31-12-17(14-35-19-9-16(22(27)34)11-29-13-19)23(33-24)30-8-5-15-3-6-28-7-4-15/h1-4,6-7,9-13H,5,8,14H2,(H2,27,34)(H2,30,31,32,33). The molecule has 1 amide bonds. The summed E-state index contributed by atoms with van der Waals surface area (Å²) in [6.45, 7) is 0.707. The maximum atomic E-state index is 13.5. The molecule has 4 rings (SSSR count). The number of hydrogen-bond donors (Lipinski definition) is 3. The third-order valence-electron chi connectivity index (χ3n) is 4.89. The highest BCUT2D eigenvalue weighted by molar-refractivity contribution is 6.31. The minimum Gasteiger partial charge on any atom is -0.487 e. The first-order chi connectivity index (χ1) is 17.0. The number of ether oxygens (including phenoxy) is 1. The molecule has 0 aliphatic rings. The van der Waals surface area contributed by atoms with Gasteiger partial charge in [0.25, 0.3) is 0 Å². The molecule has 3 heterocycles. The minimum absolute atomic E-state index is 0.0116. The largest absolute Gasteiger partial charge is 0.487 e. The van der Waals surface area contributed by atoms with Gasteiger partial charge < -0.3 is 21.1 Å². The lowest BCUT2D eigenvalue weighted by Gasteiger charge is -2.14. The Morgan fingerprint density at radius 3 is 2.69 bits per heavy atom. The number of nitrogens with zero attached hydrogens (tertiary/aromatic N) is 4. The molecule has 0 spiro atoms. The molecule has 0 aliphatic heterocycles. The summed E-state index contributed by atoms with van der Waals surface area (Å²) in [5.41, 5.74) is 7.88. The molecule has 0 bridgehead atoms. The van der Waals surface area contributed by atoms with Crippen molar-refractivity contribution in [2.75, 3.05) is 17.2 Å². The molecule has 11 heteroatoms. The highest BCUT2D eigenvalue weighted by Gasteiger charge is 2.11. The summed E-state index contributed by atoms with van der Waals surface area (Å²) in [6, 6.07) is 9.64. The highest BCUT2D eigenvalue weighted by Crippen LogP contribution is 2.23. The Bertz CT molecular complexity index is 1320. The smallest absolute Gasteiger partial charge is 0.250 e. The number of anilines is 3. The molecule has 0 radical (unpaired) electrons. The van der Waals surface area contributed by atoms with Gasteiger partial charge in [0, 0.05) is 37.0 Å². The topological polar surface area (TPSA) is 128 Å². The zero-order valence-corrected chi connectivity index (χ0v) is 19.2. The van der Waals surface area contributed by atoms with Gasteiger partial charge in [-0.25, -0.2) is 9.37 Å². The number of pyridine rings is 2. The quantitative estimate of drug-likeness (QED) is 0.301. The van der Waals surface area contributed by atoms with Gasteiger partial charge in [0.15, 0.2) is 0 Å². The number of aromatic nitrogens is 4. The van der Waals surface area contributed by atoms with E-state index in [1.165, 1.54) is 36.7 Å². The van der Waals surface area contributed by atoms with Crippen LogP contribution in [0.1, 0.15) is 21.5 Å². The zero-order chi connectivity index (χ0) is 24.6. The molecule has 35 heavy (non-hydrogen) atoms. The first-order valence-corrected chi connectivity index (χ1v) is 10.9. The summed E-state index contributed by atoms with van der Waals surface area (Å²) in [7, 11) is 0. The number of amides is 1. The van der Waals surface area contributed by atoms with Crippen LogP contribution in [0.5, 0.6) is 5.75 Å². The van der Waals surface area contributed by atoms with E-state index in [-0.39, 0.29) is 17.2 Å². The van der Waals surface area contributed by atoms with Gasteiger partial charge in [-0.3, -0.25) is 14.8 Å². The molecule has 9 nitrogen and oxygen atoms in total. The van der Waals surface area contributed by atoms with Crippen molar-refractivity contribution in [2.45, 2.75) is 13.0 Å². The summed E-state index contributed by atoms with van der Waals surface area (Å²) in [5.74, 6) is 0.108. The van der Waals surface area contributed by atoms with Gasteiger partial charge in [-0.2, -0.15) is 4.98 Å². The van der Waals surface area contributed by atoms with E-state index in [9.17, 15) is 9.18 Å². The van der Waals surface area contributed by atoms with Crippen LogP contribution < -0.4 is 21.1 Å². The Hall–Kier alpha value is -4.31. The molecule has 1 aromatic carbocycles. The molecular formula is C24H21ClFN7O2. The number of benzene rings is 1. The van der Waals surface area contributed by atoms with E-state index in [2.05, 4.69) is 30.6 Å². The molecule has 4 N–H and O–H groups in total. The van der Waals surface area contributed by atoms with Gasteiger partial charge in [-0.05, 0) is 48.4 Å². The molecule has 0 fully saturated rings. The molecule has 0 unspecified atom stereocenters. The summed E-state index contributed by atoms with van der Waals surface area (Å²) < 4.78 is 19.3. The van der Waals surface area contributed by atoms with Gasteiger partial charge >= 0.3 is 0 Å². The minimum atomic E-state index is -0.596. The predicted molar refractivity (Wildman–Crippen MR) is 130 cm³/mol. The van der Waals surface area contributed by atoms with Crippen molar-refractivity contribution < 1.29 is 13.9 Å². The fourth-order valence-electron chi connectivity index (χ4n) is 3.10. The van der Waals surface area contributed by atoms with Crippen molar-refractivity contribution in [3.05, 3.63) is 94.9 Å². The van der Waals surface area contributed by atoms with Crippen LogP contribution in [-0.4, -0.2) is 32.4 Å². The first-order valence-electron chi connectivity index (χ1n) is 10.6. The molecule has 0 saturated heterocycles. The predicted octanol–water partition coefficient (Wildman–Crippen LogP) is 4.14. The van der Waals surface area contributed by atoms with E-state index >= 15 is 0 Å². The number of primary amides is 1. The van der Waals surface area contributed by atoms with Crippen LogP contribution in [0.2, 0.25) is 5.02 Å². The van der Waals surface area contributed by atoms with Crippen molar-refractivity contribution in [3.8, 4) is 5.75 Å². The number of rotatable bonds is 10. The van der Waals surface area contributed by atoms with Crippen molar-refractivity contribution in [3.63, 3.8) is 0 Å². The summed E-state index contributed by atoms with van der Waals surface area (Å²) in [6.07, 6.45) is 8.69. The SMILES string of the molecule is NC(=O)c1cncc(OCc2cnc(Nc3ccc(F)c(Cl)c3)nc2NCCc2ccncc2)c1. The van der Waals surface area contributed by atoms with Gasteiger partial charge in [-0.15, -0.1) is 0 Å². The summed E-state index contributed by atoms with van der Waals surface area (Å²) in [5, 5.41) is 6.31. The van der Waals surface area contributed by atoms with Crippen molar-refractivity contribution in [1.82, 2.24) is 19.9 Å². The second-order valence-electron chi connectivity index (χ2n) is 7.42. The number of halogens is 2. The fourth-order valence-corrected chi connectivity index (χ4v) is 3.28. The normalized spacial score (nSPS) is 10.6. The monoisotopic (exact) mass is 493 g/mol. The van der Waals surface area contributed by atoms with Crippen molar-refractivity contribution >= 4 is 35.0 Å². The molecule has 0 aliphatic carbocycles. The molecule has 3 aromatic heterocycles. The first kappa shape index (κ1) is 23.8. The summed E-state index contributed by atoms with van der Waals surface area (Å²) in [4.78, 5) is 28.3. The number of carbonyl (C=O) groups is 1. The maximum Gasteiger partial charge on any atom is 0.250 e. The van der Waals surface area contributed by atoms with Crippen molar-refractivity contribution in [2.24, 2.45) is 5.73 Å². The van der Waals surface area contributed by atoms with Gasteiger partial charge in [0.1, 0.15) is 24.0 Å². The van der Waals surface area contributed by atoms with E-state index in [0.29, 0.717) is 35.3 Å². The Labute approximate surface area is 205 Å². The lowest BCUT2D eigenvalue weighted by molar-refractivity contribution is 0.0999. The zero-order valence-electron chi connectivity index (χ0n) is 18.4. The van der Waals surface area contributed by atoms with Crippen molar-refractivity contribution in [1.29, 1.82) is 0 Å². The second-order valence-corrected chi connectivity index (χ2v) is 7.82. The Morgan fingerprint density at radius 1 is 1.09 bits per heavy atom. The fraction of sp³-hybridized carbons (Fsp3) is 0.125. The van der Waals surface area contributed by atoms with Crippen LogP contribution in [0.4, 0.5) is 21.8 Å². The molecule has 4 aromatic rings. The van der Waals surface area contributed by atoms with Gasteiger partial charge in [0.2, 0.25) is 11.9 Å². The molecule has 0 atom stereocenters. The maximum absolute atomic E-state index is 13.5.